The first-order chi connectivity index (χ1) is 16.6. The van der Waals surface area contributed by atoms with Gasteiger partial charge in [0.25, 0.3) is 0 Å². The average molecular weight is 469 g/mol. The fourth-order valence-electron chi connectivity index (χ4n) is 4.56. The Balaban J connectivity index is 1.71. The van der Waals surface area contributed by atoms with Gasteiger partial charge in [0.05, 0.1) is 0 Å². The summed E-state index contributed by atoms with van der Waals surface area (Å²) in [5.41, 5.74) is 3.80. The maximum atomic E-state index is 12.0. The summed E-state index contributed by atoms with van der Waals surface area (Å²) in [6.07, 6.45) is 6.69. The molecule has 0 aliphatic heterocycles. The fourth-order valence-corrected chi connectivity index (χ4v) is 4.56. The number of benzene rings is 2. The Morgan fingerprint density at radius 3 is 1.47 bits per heavy atom. The van der Waals surface area contributed by atoms with Crippen molar-refractivity contribution in [3.63, 3.8) is 0 Å². The number of carbonyl (C=O) groups is 2. The Bertz CT molecular complexity index is 840. The summed E-state index contributed by atoms with van der Waals surface area (Å²) in [6, 6.07) is 15.5. The standard InChI is InChI=1S/C26H36N4O4/c31-18-4-16-27-24(33)29-22-10-6-20(7-11-22)26(14-2-1-3-15-26)21-8-12-23(13-9-21)30-25(34)28-17-5-19-32/h6-13,31-32H,1-5,14-19H2,(H2,27,29,33)(H2,28,30,34). The monoisotopic (exact) mass is 468 g/mol. The van der Waals surface area contributed by atoms with Crippen molar-refractivity contribution in [2.75, 3.05) is 36.9 Å². The first kappa shape index (κ1) is 25.5. The molecule has 184 valence electrons. The number of nitrogens with one attached hydrogen (secondary N) is 4. The predicted octanol–water partition coefficient (Wildman–Crippen LogP) is 3.94. The van der Waals surface area contributed by atoms with Crippen molar-refractivity contribution in [2.45, 2.75) is 50.4 Å². The molecule has 0 spiro atoms. The van der Waals surface area contributed by atoms with Gasteiger partial charge in [0.2, 0.25) is 0 Å². The van der Waals surface area contributed by atoms with Gasteiger partial charge in [-0.05, 0) is 61.1 Å². The van der Waals surface area contributed by atoms with Crippen LogP contribution in [0.5, 0.6) is 0 Å². The van der Waals surface area contributed by atoms with E-state index in [1.54, 1.807) is 0 Å². The minimum absolute atomic E-state index is 0.0475. The first-order valence-corrected chi connectivity index (χ1v) is 12.1. The molecule has 2 aromatic rings. The van der Waals surface area contributed by atoms with Crippen LogP contribution >= 0.6 is 0 Å². The summed E-state index contributed by atoms with van der Waals surface area (Å²) in [6.45, 7) is 0.954. The fraction of sp³-hybridized carbons (Fsp3) is 0.462. The third kappa shape index (κ3) is 6.95. The van der Waals surface area contributed by atoms with Crippen LogP contribution in [0.4, 0.5) is 21.0 Å². The number of aliphatic hydroxyl groups is 2. The molecule has 1 aliphatic carbocycles. The van der Waals surface area contributed by atoms with Crippen LogP contribution in [0.15, 0.2) is 48.5 Å². The topological polar surface area (TPSA) is 123 Å². The smallest absolute Gasteiger partial charge is 0.319 e. The summed E-state index contributed by atoms with van der Waals surface area (Å²) in [7, 11) is 0. The van der Waals surface area contributed by atoms with Gasteiger partial charge in [-0.25, -0.2) is 9.59 Å². The van der Waals surface area contributed by atoms with Crippen LogP contribution in [0.2, 0.25) is 0 Å². The molecule has 1 aliphatic rings. The summed E-state index contributed by atoms with van der Waals surface area (Å²) < 4.78 is 0. The van der Waals surface area contributed by atoms with Gasteiger partial charge in [-0.2, -0.15) is 0 Å². The van der Waals surface area contributed by atoms with E-state index in [1.165, 1.54) is 17.5 Å². The minimum Gasteiger partial charge on any atom is -0.396 e. The van der Waals surface area contributed by atoms with Crippen molar-refractivity contribution in [1.82, 2.24) is 10.6 Å². The molecule has 0 bridgehead atoms. The number of urea groups is 2. The molecule has 0 atom stereocenters. The van der Waals surface area contributed by atoms with E-state index in [0.29, 0.717) is 25.9 Å². The average Bonchev–Trinajstić information content (AvgIpc) is 2.86. The van der Waals surface area contributed by atoms with Gasteiger partial charge in [-0.3, -0.25) is 0 Å². The third-order valence-electron chi connectivity index (χ3n) is 6.34. The van der Waals surface area contributed by atoms with E-state index in [0.717, 1.165) is 37.1 Å². The van der Waals surface area contributed by atoms with E-state index in [2.05, 4.69) is 45.5 Å². The van der Waals surface area contributed by atoms with Gasteiger partial charge in [0, 0.05) is 43.1 Å². The number of aliphatic hydroxyl groups excluding tert-OH is 2. The van der Waals surface area contributed by atoms with Crippen molar-refractivity contribution in [2.24, 2.45) is 0 Å². The molecule has 4 amide bonds. The van der Waals surface area contributed by atoms with Crippen LogP contribution in [0.3, 0.4) is 0 Å². The van der Waals surface area contributed by atoms with E-state index < -0.39 is 0 Å². The number of rotatable bonds is 10. The van der Waals surface area contributed by atoms with Gasteiger partial charge >= 0.3 is 12.1 Å². The van der Waals surface area contributed by atoms with Crippen molar-refractivity contribution >= 4 is 23.4 Å². The van der Waals surface area contributed by atoms with Gasteiger partial charge in [0.15, 0.2) is 0 Å². The third-order valence-corrected chi connectivity index (χ3v) is 6.34. The Hall–Kier alpha value is -3.10. The molecule has 0 saturated heterocycles. The lowest BCUT2D eigenvalue weighted by Gasteiger charge is -2.39. The highest BCUT2D eigenvalue weighted by atomic mass is 16.3. The Labute approximate surface area is 201 Å². The number of amides is 4. The summed E-state index contributed by atoms with van der Waals surface area (Å²) in [5, 5.41) is 28.8. The zero-order valence-electron chi connectivity index (χ0n) is 19.6. The van der Waals surface area contributed by atoms with Crippen molar-refractivity contribution in [3.05, 3.63) is 59.7 Å². The summed E-state index contributed by atoms with van der Waals surface area (Å²) in [4.78, 5) is 24.0. The van der Waals surface area contributed by atoms with E-state index in [4.69, 9.17) is 10.2 Å². The lowest BCUT2D eigenvalue weighted by atomic mass is 9.65. The number of hydrogen-bond donors (Lipinski definition) is 6. The van der Waals surface area contributed by atoms with Crippen molar-refractivity contribution in [3.8, 4) is 0 Å². The Morgan fingerprint density at radius 1 is 0.676 bits per heavy atom. The molecule has 0 radical (unpaired) electrons. The maximum Gasteiger partial charge on any atom is 0.319 e. The second-order valence-electron chi connectivity index (χ2n) is 8.71. The summed E-state index contributed by atoms with van der Waals surface area (Å²) >= 11 is 0. The van der Waals surface area contributed by atoms with E-state index in [1.807, 2.05) is 24.3 Å². The molecule has 0 unspecified atom stereocenters. The molecule has 8 nitrogen and oxygen atoms in total. The lowest BCUT2D eigenvalue weighted by Crippen LogP contribution is -2.31. The predicted molar refractivity (Wildman–Crippen MR) is 134 cm³/mol. The molecular weight excluding hydrogens is 432 g/mol. The summed E-state index contributed by atoms with van der Waals surface area (Å²) in [5.74, 6) is 0. The number of hydrogen-bond acceptors (Lipinski definition) is 4. The Kier molecular flexibility index (Phi) is 9.73. The van der Waals surface area contributed by atoms with Crippen LogP contribution in [0.1, 0.15) is 56.1 Å². The molecule has 34 heavy (non-hydrogen) atoms. The van der Waals surface area contributed by atoms with E-state index >= 15 is 0 Å². The molecule has 0 aromatic heterocycles. The van der Waals surface area contributed by atoms with Crippen LogP contribution in [0, 0.1) is 0 Å². The molecule has 1 fully saturated rings. The highest BCUT2D eigenvalue weighted by Gasteiger charge is 2.35. The van der Waals surface area contributed by atoms with Gasteiger partial charge in [0.1, 0.15) is 0 Å². The Morgan fingerprint density at radius 2 is 1.09 bits per heavy atom. The SMILES string of the molecule is O=C(NCCCO)Nc1ccc(C2(c3ccc(NC(=O)NCCCO)cc3)CCCCC2)cc1. The molecule has 3 rings (SSSR count). The van der Waals surface area contributed by atoms with Gasteiger partial charge in [-0.15, -0.1) is 0 Å². The molecular formula is C26H36N4O4. The van der Waals surface area contributed by atoms with Crippen LogP contribution in [0.25, 0.3) is 0 Å². The first-order valence-electron chi connectivity index (χ1n) is 12.1. The molecule has 2 aromatic carbocycles. The lowest BCUT2D eigenvalue weighted by molar-refractivity contribution is 0.247. The molecule has 6 N–H and O–H groups in total. The van der Waals surface area contributed by atoms with Crippen molar-refractivity contribution in [1.29, 1.82) is 0 Å². The normalized spacial score (nSPS) is 14.8. The highest BCUT2D eigenvalue weighted by molar-refractivity contribution is 5.89. The number of anilines is 2. The molecule has 0 heterocycles. The van der Waals surface area contributed by atoms with E-state index in [9.17, 15) is 9.59 Å². The number of carbonyl (C=O) groups excluding carboxylic acids is 2. The van der Waals surface area contributed by atoms with Gasteiger partial charge in [-0.1, -0.05) is 43.5 Å². The van der Waals surface area contributed by atoms with Crippen molar-refractivity contribution < 1.29 is 19.8 Å². The second kappa shape index (κ2) is 13.0. The zero-order chi connectivity index (χ0) is 24.2. The largest absolute Gasteiger partial charge is 0.396 e. The van der Waals surface area contributed by atoms with Crippen LogP contribution < -0.4 is 21.3 Å². The van der Waals surface area contributed by atoms with Crippen LogP contribution in [-0.2, 0) is 5.41 Å². The van der Waals surface area contributed by atoms with E-state index in [-0.39, 0.29) is 30.7 Å². The maximum absolute atomic E-state index is 12.0. The molecule has 1 saturated carbocycles. The van der Waals surface area contributed by atoms with Gasteiger partial charge < -0.3 is 31.5 Å². The second-order valence-corrected chi connectivity index (χ2v) is 8.71. The quantitative estimate of drug-likeness (QED) is 0.296. The van der Waals surface area contributed by atoms with Crippen LogP contribution in [-0.4, -0.2) is 48.6 Å². The molecule has 8 heteroatoms. The highest BCUT2D eigenvalue weighted by Crippen LogP contribution is 2.45. The minimum atomic E-state index is -0.280. The zero-order valence-corrected chi connectivity index (χ0v) is 19.6.